The van der Waals surface area contributed by atoms with Gasteiger partial charge in [-0.3, -0.25) is 4.79 Å². The van der Waals surface area contributed by atoms with Crippen LogP contribution in [0.2, 0.25) is 5.02 Å². The molecule has 8 heteroatoms. The largest absolute Gasteiger partial charge is 0.477 e. The van der Waals surface area contributed by atoms with E-state index in [1.54, 1.807) is 6.07 Å². The highest BCUT2D eigenvalue weighted by Gasteiger charge is 2.22. The number of benzene rings is 2. The maximum Gasteiger partial charge on any atom is 0.341 e. The van der Waals surface area contributed by atoms with Crippen molar-refractivity contribution in [2.24, 2.45) is 0 Å². The van der Waals surface area contributed by atoms with E-state index in [1.165, 1.54) is 4.57 Å². The van der Waals surface area contributed by atoms with Crippen molar-refractivity contribution in [2.75, 3.05) is 6.67 Å². The van der Waals surface area contributed by atoms with Gasteiger partial charge in [-0.1, -0.05) is 23.7 Å². The highest BCUT2D eigenvalue weighted by molar-refractivity contribution is 6.38. The lowest BCUT2D eigenvalue weighted by molar-refractivity contribution is 0.0694. The summed E-state index contributed by atoms with van der Waals surface area (Å²) in [6.07, 6.45) is 1.05. The minimum Gasteiger partial charge on any atom is -0.477 e. The molecule has 3 aromatic rings. The molecular weight excluding hydrogens is 390 g/mol. The number of carboxylic acid groups (broad SMARTS) is 1. The van der Waals surface area contributed by atoms with Crippen LogP contribution in [0.4, 0.5) is 8.78 Å². The molecule has 0 unspecified atom stereocenters. The van der Waals surface area contributed by atoms with Crippen LogP contribution >= 0.6 is 11.6 Å². The summed E-state index contributed by atoms with van der Waals surface area (Å²) < 4.78 is 29.3. The highest BCUT2D eigenvalue weighted by atomic mass is 35.5. The number of carboxylic acids is 1. The first kappa shape index (κ1) is 18.6. The molecule has 28 heavy (non-hydrogen) atoms. The number of carbonyl (C=O) groups is 1. The zero-order valence-electron chi connectivity index (χ0n) is 14.6. The standard InChI is InChI=1S/C20H15ClF2N2O3/c21-17-16(10-1-2-11-7-24-8-12(11)5-10)15(23)6-13-18(17)25(4-3-22)9-14(19(13)26)20(27)28/h1-2,5-6,9,24H,3-4,7-8H2,(H,27,28). The molecular formula is C20H15ClF2N2O3. The molecule has 4 rings (SSSR count). The summed E-state index contributed by atoms with van der Waals surface area (Å²) in [5.41, 5.74) is 1.46. The van der Waals surface area contributed by atoms with Crippen LogP contribution in [0.1, 0.15) is 21.5 Å². The Bertz CT molecular complexity index is 1190. The van der Waals surface area contributed by atoms with Crippen LogP contribution in [0.5, 0.6) is 0 Å². The molecule has 2 heterocycles. The van der Waals surface area contributed by atoms with E-state index in [2.05, 4.69) is 5.32 Å². The molecule has 144 valence electrons. The summed E-state index contributed by atoms with van der Waals surface area (Å²) >= 11 is 6.49. The van der Waals surface area contributed by atoms with Crippen LogP contribution in [0.25, 0.3) is 22.0 Å². The van der Waals surface area contributed by atoms with Gasteiger partial charge in [0.1, 0.15) is 18.1 Å². The summed E-state index contributed by atoms with van der Waals surface area (Å²) in [5.74, 6) is -2.21. The Morgan fingerprint density at radius 1 is 1.25 bits per heavy atom. The third-order valence-electron chi connectivity index (χ3n) is 4.94. The fraction of sp³-hybridized carbons (Fsp3) is 0.200. The van der Waals surface area contributed by atoms with E-state index < -0.39 is 29.5 Å². The third-order valence-corrected chi connectivity index (χ3v) is 5.30. The third kappa shape index (κ3) is 2.87. The van der Waals surface area contributed by atoms with Gasteiger partial charge in [0, 0.05) is 24.8 Å². The van der Waals surface area contributed by atoms with Crippen LogP contribution in [-0.2, 0) is 19.6 Å². The Hall–Kier alpha value is -2.77. The number of aryl methyl sites for hydroxylation is 1. The number of fused-ring (bicyclic) bond motifs is 2. The van der Waals surface area contributed by atoms with Gasteiger partial charge in [-0.25, -0.2) is 13.6 Å². The second kappa shape index (κ2) is 7.00. The van der Waals surface area contributed by atoms with Gasteiger partial charge in [0.25, 0.3) is 0 Å². The van der Waals surface area contributed by atoms with Crippen molar-refractivity contribution in [3.63, 3.8) is 0 Å². The first-order valence-electron chi connectivity index (χ1n) is 8.59. The summed E-state index contributed by atoms with van der Waals surface area (Å²) in [6, 6.07) is 6.43. The number of halogens is 3. The Balaban J connectivity index is 2.05. The van der Waals surface area contributed by atoms with Gasteiger partial charge in [-0.15, -0.1) is 0 Å². The van der Waals surface area contributed by atoms with Gasteiger partial charge in [0.15, 0.2) is 0 Å². The van der Waals surface area contributed by atoms with Gasteiger partial charge in [-0.2, -0.15) is 0 Å². The number of hydrogen-bond donors (Lipinski definition) is 2. The number of rotatable bonds is 4. The van der Waals surface area contributed by atoms with Crippen molar-refractivity contribution in [2.45, 2.75) is 19.6 Å². The predicted octanol–water partition coefficient (Wildman–Crippen LogP) is 3.73. The Morgan fingerprint density at radius 3 is 2.71 bits per heavy atom. The van der Waals surface area contributed by atoms with Crippen molar-refractivity contribution in [1.29, 1.82) is 0 Å². The first-order valence-corrected chi connectivity index (χ1v) is 8.97. The van der Waals surface area contributed by atoms with E-state index in [0.29, 0.717) is 12.1 Å². The molecule has 0 spiro atoms. The lowest BCUT2D eigenvalue weighted by Crippen LogP contribution is -2.20. The molecule has 0 radical (unpaired) electrons. The van der Waals surface area contributed by atoms with Crippen molar-refractivity contribution in [3.05, 3.63) is 68.2 Å². The molecule has 0 saturated heterocycles. The van der Waals surface area contributed by atoms with Gasteiger partial charge in [0.2, 0.25) is 5.43 Å². The van der Waals surface area contributed by atoms with Crippen molar-refractivity contribution >= 4 is 28.5 Å². The van der Waals surface area contributed by atoms with Crippen molar-refractivity contribution < 1.29 is 18.7 Å². The van der Waals surface area contributed by atoms with Crippen LogP contribution in [-0.4, -0.2) is 22.3 Å². The van der Waals surface area contributed by atoms with Crippen molar-refractivity contribution in [1.82, 2.24) is 9.88 Å². The van der Waals surface area contributed by atoms with Crippen molar-refractivity contribution in [3.8, 4) is 11.1 Å². The van der Waals surface area contributed by atoms with E-state index >= 15 is 0 Å². The molecule has 1 aliphatic rings. The van der Waals surface area contributed by atoms with E-state index in [9.17, 15) is 23.5 Å². The van der Waals surface area contributed by atoms with E-state index in [-0.39, 0.29) is 28.0 Å². The zero-order chi connectivity index (χ0) is 20.0. The number of nitrogens with zero attached hydrogens (tertiary/aromatic N) is 1. The monoisotopic (exact) mass is 404 g/mol. The van der Waals surface area contributed by atoms with Crippen LogP contribution in [0, 0.1) is 5.82 Å². The smallest absolute Gasteiger partial charge is 0.341 e. The Morgan fingerprint density at radius 2 is 2.00 bits per heavy atom. The Kier molecular flexibility index (Phi) is 4.64. The highest BCUT2D eigenvalue weighted by Crippen LogP contribution is 2.37. The van der Waals surface area contributed by atoms with Gasteiger partial charge in [0.05, 0.1) is 22.5 Å². The maximum absolute atomic E-state index is 15.0. The average Bonchev–Trinajstić information content (AvgIpc) is 3.11. The average molecular weight is 405 g/mol. The molecule has 1 aromatic heterocycles. The molecule has 0 fully saturated rings. The van der Waals surface area contributed by atoms with Gasteiger partial charge >= 0.3 is 5.97 Å². The molecule has 2 N–H and O–H groups in total. The lowest BCUT2D eigenvalue weighted by Gasteiger charge is -2.16. The normalized spacial score (nSPS) is 13.1. The molecule has 0 bridgehead atoms. The van der Waals surface area contributed by atoms with Crippen LogP contribution in [0.3, 0.4) is 0 Å². The maximum atomic E-state index is 15.0. The topological polar surface area (TPSA) is 71.3 Å². The van der Waals surface area contributed by atoms with Gasteiger partial charge in [-0.05, 0) is 28.8 Å². The van der Waals surface area contributed by atoms with E-state index in [1.807, 2.05) is 12.1 Å². The molecule has 2 aromatic carbocycles. The second-order valence-corrected chi connectivity index (χ2v) is 6.97. The van der Waals surface area contributed by atoms with E-state index in [0.717, 1.165) is 29.9 Å². The predicted molar refractivity (Wildman–Crippen MR) is 102 cm³/mol. The quantitative estimate of drug-likeness (QED) is 0.695. The number of aromatic nitrogens is 1. The van der Waals surface area contributed by atoms with Crippen LogP contribution < -0.4 is 10.7 Å². The van der Waals surface area contributed by atoms with E-state index in [4.69, 9.17) is 11.6 Å². The lowest BCUT2D eigenvalue weighted by atomic mass is 9.98. The zero-order valence-corrected chi connectivity index (χ0v) is 15.3. The Labute approximate surface area is 163 Å². The second-order valence-electron chi connectivity index (χ2n) is 6.59. The van der Waals surface area contributed by atoms with Gasteiger partial charge < -0.3 is 15.0 Å². The molecule has 5 nitrogen and oxygen atoms in total. The first-order chi connectivity index (χ1) is 13.4. The molecule has 0 saturated carbocycles. The number of alkyl halides is 1. The summed E-state index contributed by atoms with van der Waals surface area (Å²) in [5, 5.41) is 12.2. The fourth-order valence-electron chi connectivity index (χ4n) is 3.62. The molecule has 0 aliphatic carbocycles. The minimum absolute atomic E-state index is 0.0524. The molecule has 0 amide bonds. The number of pyridine rings is 1. The summed E-state index contributed by atoms with van der Waals surface area (Å²) in [6.45, 7) is 0.378. The summed E-state index contributed by atoms with van der Waals surface area (Å²) in [7, 11) is 0. The fourth-order valence-corrected chi connectivity index (χ4v) is 4.03. The SMILES string of the molecule is O=C(O)c1cn(CCF)c2c(Cl)c(-c3ccc4c(c3)CNC4)c(F)cc2c1=O. The number of aromatic carboxylic acids is 1. The molecule has 0 atom stereocenters. The number of hydrogen-bond acceptors (Lipinski definition) is 3. The van der Waals surface area contributed by atoms with Crippen LogP contribution in [0.15, 0.2) is 35.3 Å². The summed E-state index contributed by atoms with van der Waals surface area (Å²) in [4.78, 5) is 23.9. The number of nitrogens with one attached hydrogen (secondary N) is 1. The molecule has 1 aliphatic heterocycles. The minimum atomic E-state index is -1.47.